The summed E-state index contributed by atoms with van der Waals surface area (Å²) in [5.41, 5.74) is 5.53. The zero-order valence-electron chi connectivity index (χ0n) is 23.1. The molecule has 2 aromatic rings. The van der Waals surface area contributed by atoms with E-state index in [0.29, 0.717) is 43.2 Å². The van der Waals surface area contributed by atoms with Crippen molar-refractivity contribution in [3.8, 4) is 11.5 Å². The van der Waals surface area contributed by atoms with Crippen molar-refractivity contribution in [1.29, 1.82) is 0 Å². The number of benzene rings is 2. The first-order chi connectivity index (χ1) is 18.6. The van der Waals surface area contributed by atoms with Gasteiger partial charge in [0, 0.05) is 31.6 Å². The first-order valence-corrected chi connectivity index (χ1v) is 13.1. The van der Waals surface area contributed by atoms with Crippen LogP contribution in [-0.4, -0.2) is 67.5 Å². The molecule has 3 rings (SSSR count). The van der Waals surface area contributed by atoms with Crippen molar-refractivity contribution in [3.05, 3.63) is 59.7 Å². The summed E-state index contributed by atoms with van der Waals surface area (Å²) in [4.78, 5) is 30.5. The second kappa shape index (κ2) is 14.0. The zero-order valence-corrected chi connectivity index (χ0v) is 23.1. The SMILES string of the molecule is COc1cccc(CCNNC(=O)[C@]2(CCC(=O)OC(C)(C)C)COC(c3ccc(OCCCO)cc3)=N2)c1. The number of amides is 1. The lowest BCUT2D eigenvalue weighted by Gasteiger charge is -2.24. The van der Waals surface area contributed by atoms with Gasteiger partial charge < -0.3 is 24.1 Å². The van der Waals surface area contributed by atoms with Crippen LogP contribution in [0.15, 0.2) is 53.5 Å². The number of aliphatic hydroxyl groups is 1. The van der Waals surface area contributed by atoms with E-state index in [4.69, 9.17) is 24.1 Å². The van der Waals surface area contributed by atoms with Gasteiger partial charge in [0.1, 0.15) is 23.7 Å². The molecule has 0 fully saturated rings. The Morgan fingerprint density at radius 3 is 2.59 bits per heavy atom. The Morgan fingerprint density at radius 1 is 1.13 bits per heavy atom. The molecule has 2 aromatic carbocycles. The predicted molar refractivity (Wildman–Crippen MR) is 147 cm³/mol. The molecular formula is C29H39N3O7. The number of hydrogen-bond acceptors (Lipinski definition) is 9. The molecule has 10 heteroatoms. The number of esters is 1. The van der Waals surface area contributed by atoms with E-state index in [1.165, 1.54) is 0 Å². The third-order valence-electron chi connectivity index (χ3n) is 5.90. The van der Waals surface area contributed by atoms with Crippen molar-refractivity contribution in [2.75, 3.05) is 33.5 Å². The number of rotatable bonds is 14. The molecule has 0 saturated heterocycles. The van der Waals surface area contributed by atoms with Crippen LogP contribution in [0, 0.1) is 0 Å². The molecule has 3 N–H and O–H groups in total. The van der Waals surface area contributed by atoms with Gasteiger partial charge in [-0.3, -0.25) is 15.0 Å². The number of ether oxygens (including phenoxy) is 4. The standard InChI is InChI=1S/C29H39N3O7/c1-28(2,3)39-25(34)13-15-29(27(35)32-30-16-14-21-7-5-8-24(19-21)36-4)20-38-26(31-29)22-9-11-23(12-10-22)37-18-6-17-33/h5,7-12,19,30,33H,6,13-18,20H2,1-4H3,(H,32,35)/t29-/m0/s1. The lowest BCUT2D eigenvalue weighted by atomic mass is 9.94. The van der Waals surface area contributed by atoms with Gasteiger partial charge in [-0.25, -0.2) is 10.4 Å². The maximum atomic E-state index is 13.4. The summed E-state index contributed by atoms with van der Waals surface area (Å²) in [6.45, 7) is 6.33. The first kappa shape index (κ1) is 29.9. The molecule has 1 atom stereocenters. The van der Waals surface area contributed by atoms with Gasteiger partial charge in [-0.05, 0) is 75.6 Å². The molecule has 10 nitrogen and oxygen atoms in total. The normalized spacial score (nSPS) is 16.7. The Morgan fingerprint density at radius 2 is 1.90 bits per heavy atom. The quantitative estimate of drug-likeness (QED) is 0.189. The van der Waals surface area contributed by atoms with Crippen LogP contribution in [0.2, 0.25) is 0 Å². The van der Waals surface area contributed by atoms with Crippen LogP contribution in [0.4, 0.5) is 0 Å². The Labute approximate surface area is 229 Å². The highest BCUT2D eigenvalue weighted by Crippen LogP contribution is 2.28. The minimum atomic E-state index is -1.30. The molecule has 212 valence electrons. The van der Waals surface area contributed by atoms with Gasteiger partial charge in [0.15, 0.2) is 5.54 Å². The minimum Gasteiger partial charge on any atom is -0.497 e. The van der Waals surface area contributed by atoms with Gasteiger partial charge in [-0.2, -0.15) is 0 Å². The minimum absolute atomic E-state index is 0.00623. The van der Waals surface area contributed by atoms with E-state index >= 15 is 0 Å². The third-order valence-corrected chi connectivity index (χ3v) is 5.90. The summed E-state index contributed by atoms with van der Waals surface area (Å²) in [7, 11) is 1.62. The van der Waals surface area contributed by atoms with Crippen molar-refractivity contribution in [2.45, 2.75) is 57.6 Å². The van der Waals surface area contributed by atoms with Crippen LogP contribution in [0.25, 0.3) is 0 Å². The topological polar surface area (TPSA) is 128 Å². The second-order valence-electron chi connectivity index (χ2n) is 10.3. The van der Waals surface area contributed by atoms with Crippen molar-refractivity contribution < 1.29 is 33.6 Å². The molecule has 0 spiro atoms. The molecule has 1 aliphatic heterocycles. The fourth-order valence-electron chi connectivity index (χ4n) is 3.90. The van der Waals surface area contributed by atoms with Gasteiger partial charge in [0.2, 0.25) is 5.90 Å². The molecule has 1 heterocycles. The van der Waals surface area contributed by atoms with E-state index in [1.54, 1.807) is 52.1 Å². The van der Waals surface area contributed by atoms with E-state index in [1.807, 2.05) is 24.3 Å². The van der Waals surface area contributed by atoms with Crippen molar-refractivity contribution in [3.63, 3.8) is 0 Å². The smallest absolute Gasteiger partial charge is 0.306 e. The Kier molecular flexibility index (Phi) is 10.7. The third kappa shape index (κ3) is 9.26. The molecule has 0 bridgehead atoms. The molecular weight excluding hydrogens is 502 g/mol. The van der Waals surface area contributed by atoms with Crippen LogP contribution in [-0.2, 0) is 25.5 Å². The van der Waals surface area contributed by atoms with Crippen LogP contribution in [0.5, 0.6) is 11.5 Å². The van der Waals surface area contributed by atoms with Crippen LogP contribution >= 0.6 is 0 Å². The average molecular weight is 542 g/mol. The molecule has 0 radical (unpaired) electrons. The fraction of sp³-hybridized carbons (Fsp3) is 0.483. The van der Waals surface area contributed by atoms with Crippen molar-refractivity contribution >= 4 is 17.8 Å². The zero-order chi connectivity index (χ0) is 28.3. The van der Waals surface area contributed by atoms with Crippen LogP contribution in [0.1, 0.15) is 51.2 Å². The number of nitrogens with one attached hydrogen (secondary N) is 2. The number of methoxy groups -OCH3 is 1. The Balaban J connectivity index is 1.68. The molecule has 1 amide bonds. The van der Waals surface area contributed by atoms with Gasteiger partial charge >= 0.3 is 5.97 Å². The summed E-state index contributed by atoms with van der Waals surface area (Å²) in [5.74, 6) is 0.935. The summed E-state index contributed by atoms with van der Waals surface area (Å²) in [6, 6.07) is 14.9. The maximum Gasteiger partial charge on any atom is 0.306 e. The van der Waals surface area contributed by atoms with Crippen LogP contribution < -0.4 is 20.3 Å². The Bertz CT molecular complexity index is 1130. The highest BCUT2D eigenvalue weighted by Gasteiger charge is 2.45. The van der Waals surface area contributed by atoms with Crippen molar-refractivity contribution in [2.24, 2.45) is 4.99 Å². The first-order valence-electron chi connectivity index (χ1n) is 13.1. The van der Waals surface area contributed by atoms with E-state index < -0.39 is 23.0 Å². The lowest BCUT2D eigenvalue weighted by Crippen LogP contribution is -2.52. The highest BCUT2D eigenvalue weighted by atomic mass is 16.6. The van der Waals surface area contributed by atoms with Crippen LogP contribution in [0.3, 0.4) is 0 Å². The number of carbonyl (C=O) groups is 2. The lowest BCUT2D eigenvalue weighted by molar-refractivity contribution is -0.155. The average Bonchev–Trinajstić information content (AvgIpc) is 3.35. The molecule has 0 unspecified atom stereocenters. The van der Waals surface area contributed by atoms with Gasteiger partial charge in [0.05, 0.1) is 13.7 Å². The molecule has 0 saturated carbocycles. The summed E-state index contributed by atoms with van der Waals surface area (Å²) in [5, 5.41) is 8.92. The second-order valence-corrected chi connectivity index (χ2v) is 10.3. The van der Waals surface area contributed by atoms with E-state index in [2.05, 4.69) is 15.8 Å². The number of nitrogens with zero attached hydrogens (tertiary/aromatic N) is 1. The van der Waals surface area contributed by atoms with Gasteiger partial charge in [-0.15, -0.1) is 0 Å². The molecule has 0 aromatic heterocycles. The molecule has 1 aliphatic rings. The number of hydrogen-bond donors (Lipinski definition) is 3. The van der Waals surface area contributed by atoms with Crippen molar-refractivity contribution in [1.82, 2.24) is 10.9 Å². The predicted octanol–water partition coefficient (Wildman–Crippen LogP) is 2.96. The number of aliphatic hydroxyl groups excluding tert-OH is 1. The number of carbonyl (C=O) groups excluding carboxylic acids is 2. The van der Waals surface area contributed by atoms with E-state index in [0.717, 1.165) is 11.3 Å². The summed E-state index contributed by atoms with van der Waals surface area (Å²) >= 11 is 0. The van der Waals surface area contributed by atoms with Gasteiger partial charge in [0.25, 0.3) is 5.91 Å². The summed E-state index contributed by atoms with van der Waals surface area (Å²) < 4.78 is 22.1. The molecule has 0 aliphatic carbocycles. The monoisotopic (exact) mass is 541 g/mol. The Hall–Kier alpha value is -3.63. The molecule has 39 heavy (non-hydrogen) atoms. The fourth-order valence-corrected chi connectivity index (χ4v) is 3.90. The number of hydrazine groups is 1. The van der Waals surface area contributed by atoms with E-state index in [-0.39, 0.29) is 26.1 Å². The highest BCUT2D eigenvalue weighted by molar-refractivity contribution is 6.00. The maximum absolute atomic E-state index is 13.4. The van der Waals surface area contributed by atoms with E-state index in [9.17, 15) is 9.59 Å². The van der Waals surface area contributed by atoms with Gasteiger partial charge in [-0.1, -0.05) is 12.1 Å². The summed E-state index contributed by atoms with van der Waals surface area (Å²) in [6.07, 6.45) is 1.34. The largest absolute Gasteiger partial charge is 0.497 e. The number of aliphatic imine (C=N–C) groups is 1.